The smallest absolute Gasteiger partial charge is 0.251 e. The zero-order chi connectivity index (χ0) is 13.5. The number of hydrogen-bond acceptors (Lipinski definition) is 2. The van der Waals surface area contributed by atoms with E-state index >= 15 is 0 Å². The van der Waals surface area contributed by atoms with Gasteiger partial charge >= 0.3 is 0 Å². The van der Waals surface area contributed by atoms with Crippen molar-refractivity contribution in [2.24, 2.45) is 0 Å². The van der Waals surface area contributed by atoms with E-state index in [1.165, 1.54) is 0 Å². The Kier molecular flexibility index (Phi) is 6.42. The van der Waals surface area contributed by atoms with E-state index in [2.05, 4.69) is 33.2 Å². The summed E-state index contributed by atoms with van der Waals surface area (Å²) >= 11 is 8.01. The van der Waals surface area contributed by atoms with E-state index in [1.807, 2.05) is 6.92 Å². The molecule has 6 heteroatoms. The molecular formula is C12H14ClIN2O2. The van der Waals surface area contributed by atoms with Gasteiger partial charge in [-0.15, -0.1) is 0 Å². The van der Waals surface area contributed by atoms with Crippen LogP contribution in [0.5, 0.6) is 0 Å². The summed E-state index contributed by atoms with van der Waals surface area (Å²) in [5, 5.41) is 5.75. The molecule has 0 aliphatic carbocycles. The molecule has 0 aliphatic rings. The van der Waals surface area contributed by atoms with Crippen molar-refractivity contribution in [3.8, 4) is 0 Å². The molecule has 2 N–H and O–H groups in total. The van der Waals surface area contributed by atoms with Gasteiger partial charge in [-0.05, 0) is 47.2 Å². The molecule has 0 aromatic heterocycles. The number of hydrogen-bond donors (Lipinski definition) is 2. The molecule has 1 aromatic rings. The minimum absolute atomic E-state index is 0.0254. The zero-order valence-corrected chi connectivity index (χ0v) is 12.8. The lowest BCUT2D eigenvalue weighted by atomic mass is 10.2. The second-order valence-corrected chi connectivity index (χ2v) is 5.23. The van der Waals surface area contributed by atoms with E-state index in [9.17, 15) is 9.59 Å². The Morgan fingerprint density at radius 1 is 1.33 bits per heavy atom. The predicted molar refractivity (Wildman–Crippen MR) is 79.8 cm³/mol. The van der Waals surface area contributed by atoms with E-state index in [0.717, 1.165) is 9.99 Å². The van der Waals surface area contributed by atoms with Crippen LogP contribution in [0.25, 0.3) is 0 Å². The SMILES string of the molecule is CCCNC(=O)CNC(=O)c1ccc(I)c(Cl)c1. The van der Waals surface area contributed by atoms with Gasteiger partial charge in [0.25, 0.3) is 5.91 Å². The van der Waals surface area contributed by atoms with Crippen molar-refractivity contribution in [2.75, 3.05) is 13.1 Å². The minimum Gasteiger partial charge on any atom is -0.355 e. The molecular weight excluding hydrogens is 367 g/mol. The van der Waals surface area contributed by atoms with Crippen LogP contribution in [0, 0.1) is 3.57 Å². The van der Waals surface area contributed by atoms with Crippen molar-refractivity contribution in [1.29, 1.82) is 0 Å². The molecule has 0 saturated heterocycles. The average molecular weight is 381 g/mol. The molecule has 1 rings (SSSR count). The molecule has 4 nitrogen and oxygen atoms in total. The van der Waals surface area contributed by atoms with Gasteiger partial charge in [-0.1, -0.05) is 18.5 Å². The molecule has 98 valence electrons. The normalized spacial score (nSPS) is 9.94. The Hall–Kier alpha value is -0.820. The molecule has 0 unspecified atom stereocenters. The van der Waals surface area contributed by atoms with Crippen LogP contribution in [-0.4, -0.2) is 24.9 Å². The summed E-state index contributed by atoms with van der Waals surface area (Å²) in [6.07, 6.45) is 0.867. The van der Waals surface area contributed by atoms with Crippen LogP contribution in [0.15, 0.2) is 18.2 Å². The topological polar surface area (TPSA) is 58.2 Å². The molecule has 0 fully saturated rings. The molecule has 2 amide bonds. The third kappa shape index (κ3) is 4.81. The van der Waals surface area contributed by atoms with Crippen molar-refractivity contribution in [2.45, 2.75) is 13.3 Å². The van der Waals surface area contributed by atoms with Gasteiger partial charge in [0, 0.05) is 15.7 Å². The molecule has 0 heterocycles. The van der Waals surface area contributed by atoms with Gasteiger partial charge in [0.05, 0.1) is 11.6 Å². The predicted octanol–water partition coefficient (Wildman–Crippen LogP) is 2.20. The quantitative estimate of drug-likeness (QED) is 0.770. The van der Waals surface area contributed by atoms with E-state index in [0.29, 0.717) is 17.1 Å². The number of amides is 2. The third-order valence-corrected chi connectivity index (χ3v) is 3.74. The highest BCUT2D eigenvalue weighted by atomic mass is 127. The summed E-state index contributed by atoms with van der Waals surface area (Å²) in [6.45, 7) is 2.55. The fourth-order valence-corrected chi connectivity index (χ4v) is 1.74. The number of rotatable bonds is 5. The van der Waals surface area contributed by atoms with E-state index in [4.69, 9.17) is 11.6 Å². The van der Waals surface area contributed by atoms with E-state index in [1.54, 1.807) is 18.2 Å². The first-order valence-corrected chi connectivity index (χ1v) is 7.00. The molecule has 0 saturated carbocycles. The Labute approximate surface area is 125 Å². The van der Waals surface area contributed by atoms with Gasteiger partial charge in [-0.2, -0.15) is 0 Å². The summed E-state index contributed by atoms with van der Waals surface area (Å²) in [5.74, 6) is -0.498. The number of halogens is 2. The van der Waals surface area contributed by atoms with Crippen LogP contribution in [0.1, 0.15) is 23.7 Å². The van der Waals surface area contributed by atoms with Crippen molar-refractivity contribution >= 4 is 46.0 Å². The standard InChI is InChI=1S/C12H14ClIN2O2/c1-2-5-15-11(17)7-16-12(18)8-3-4-10(14)9(13)6-8/h3-4,6H,2,5,7H2,1H3,(H,15,17)(H,16,18). The van der Waals surface area contributed by atoms with Crippen LogP contribution in [0.3, 0.4) is 0 Å². The van der Waals surface area contributed by atoms with Gasteiger partial charge in [-0.3, -0.25) is 9.59 Å². The number of carbonyl (C=O) groups excluding carboxylic acids is 2. The third-order valence-electron chi connectivity index (χ3n) is 2.16. The first-order valence-electron chi connectivity index (χ1n) is 5.54. The Morgan fingerprint density at radius 2 is 2.06 bits per heavy atom. The van der Waals surface area contributed by atoms with E-state index < -0.39 is 0 Å². The average Bonchev–Trinajstić information content (AvgIpc) is 2.36. The Balaban J connectivity index is 2.50. The monoisotopic (exact) mass is 380 g/mol. The van der Waals surface area contributed by atoms with Gasteiger partial charge in [0.2, 0.25) is 5.91 Å². The molecule has 0 atom stereocenters. The highest BCUT2D eigenvalue weighted by Gasteiger charge is 2.09. The fourth-order valence-electron chi connectivity index (χ4n) is 1.23. The van der Waals surface area contributed by atoms with Crippen molar-refractivity contribution in [3.63, 3.8) is 0 Å². The Morgan fingerprint density at radius 3 is 2.67 bits per heavy atom. The molecule has 18 heavy (non-hydrogen) atoms. The van der Waals surface area contributed by atoms with Crippen LogP contribution in [-0.2, 0) is 4.79 Å². The highest BCUT2D eigenvalue weighted by Crippen LogP contribution is 2.19. The molecule has 0 radical (unpaired) electrons. The van der Waals surface area contributed by atoms with Crippen LogP contribution >= 0.6 is 34.2 Å². The maximum absolute atomic E-state index is 11.7. The second kappa shape index (κ2) is 7.58. The number of benzene rings is 1. The van der Waals surface area contributed by atoms with Crippen LogP contribution in [0.4, 0.5) is 0 Å². The lowest BCUT2D eigenvalue weighted by Crippen LogP contribution is -2.37. The maximum Gasteiger partial charge on any atom is 0.251 e. The highest BCUT2D eigenvalue weighted by molar-refractivity contribution is 14.1. The summed E-state index contributed by atoms with van der Waals surface area (Å²) in [7, 11) is 0. The minimum atomic E-state index is -0.306. The summed E-state index contributed by atoms with van der Waals surface area (Å²) in [6, 6.07) is 5.02. The van der Waals surface area contributed by atoms with Gasteiger partial charge in [0.15, 0.2) is 0 Å². The lowest BCUT2D eigenvalue weighted by Gasteiger charge is -2.06. The van der Waals surface area contributed by atoms with Crippen molar-refractivity contribution in [3.05, 3.63) is 32.4 Å². The van der Waals surface area contributed by atoms with Gasteiger partial charge < -0.3 is 10.6 Å². The first kappa shape index (κ1) is 15.2. The number of carbonyl (C=O) groups is 2. The second-order valence-electron chi connectivity index (χ2n) is 3.66. The molecule has 0 bridgehead atoms. The van der Waals surface area contributed by atoms with Crippen molar-refractivity contribution < 1.29 is 9.59 Å². The summed E-state index contributed by atoms with van der Waals surface area (Å²) in [5.41, 5.74) is 0.448. The first-order chi connectivity index (χ1) is 8.54. The fraction of sp³-hybridized carbons (Fsp3) is 0.333. The molecule has 0 spiro atoms. The maximum atomic E-state index is 11.7. The van der Waals surface area contributed by atoms with Gasteiger partial charge in [0.1, 0.15) is 0 Å². The van der Waals surface area contributed by atoms with E-state index in [-0.39, 0.29) is 18.4 Å². The largest absolute Gasteiger partial charge is 0.355 e. The van der Waals surface area contributed by atoms with Crippen LogP contribution < -0.4 is 10.6 Å². The Bertz CT molecular complexity index is 452. The summed E-state index contributed by atoms with van der Waals surface area (Å²) < 4.78 is 0.881. The number of nitrogens with one attached hydrogen (secondary N) is 2. The van der Waals surface area contributed by atoms with Crippen LogP contribution in [0.2, 0.25) is 5.02 Å². The molecule has 1 aromatic carbocycles. The molecule has 0 aliphatic heterocycles. The summed E-state index contributed by atoms with van der Waals surface area (Å²) in [4.78, 5) is 23.0. The van der Waals surface area contributed by atoms with Gasteiger partial charge in [-0.25, -0.2) is 0 Å². The lowest BCUT2D eigenvalue weighted by molar-refractivity contribution is -0.120. The van der Waals surface area contributed by atoms with Crippen molar-refractivity contribution in [1.82, 2.24) is 10.6 Å². The zero-order valence-electron chi connectivity index (χ0n) is 9.93.